The molecule has 3 fully saturated rings. The van der Waals surface area contributed by atoms with Gasteiger partial charge in [-0.2, -0.15) is 0 Å². The standard InChI is InChI=1S/C25H39N7S/c1-25(2,3)23-26-20(18-9-10-18)17-21(27-23)32-14-12-31(13-15-32)11-6-16-33-24-29-28-22(30(24)4)19-7-5-8-19/h17-19H,5-16H2,1-4H3. The van der Waals surface area contributed by atoms with Crippen LogP contribution < -0.4 is 4.90 Å². The molecule has 7 nitrogen and oxygen atoms in total. The fourth-order valence-electron chi connectivity index (χ4n) is 4.66. The molecule has 3 heterocycles. The first-order valence-electron chi connectivity index (χ1n) is 12.8. The third-order valence-corrected chi connectivity index (χ3v) is 8.39. The fourth-order valence-corrected chi connectivity index (χ4v) is 5.51. The smallest absolute Gasteiger partial charge is 0.190 e. The zero-order valence-corrected chi connectivity index (χ0v) is 21.6. The van der Waals surface area contributed by atoms with Gasteiger partial charge in [0.2, 0.25) is 0 Å². The molecule has 0 spiro atoms. The molecule has 0 bridgehead atoms. The van der Waals surface area contributed by atoms with E-state index in [1.165, 1.54) is 50.0 Å². The first kappa shape index (κ1) is 23.1. The molecule has 0 aromatic carbocycles. The summed E-state index contributed by atoms with van der Waals surface area (Å²) in [7, 11) is 2.13. The zero-order valence-electron chi connectivity index (χ0n) is 20.8. The predicted molar refractivity (Wildman–Crippen MR) is 134 cm³/mol. The average Bonchev–Trinajstić information content (AvgIpc) is 3.55. The van der Waals surface area contributed by atoms with Crippen LogP contribution in [0.25, 0.3) is 0 Å². The van der Waals surface area contributed by atoms with Gasteiger partial charge in [-0.3, -0.25) is 4.90 Å². The van der Waals surface area contributed by atoms with Gasteiger partial charge in [0.05, 0.1) is 0 Å². The second-order valence-corrected chi connectivity index (χ2v) is 12.1. The van der Waals surface area contributed by atoms with Crippen molar-refractivity contribution in [2.45, 2.75) is 81.7 Å². The lowest BCUT2D eigenvalue weighted by molar-refractivity contribution is 0.258. The fraction of sp³-hybridized carbons (Fsp3) is 0.760. The molecular formula is C25H39N7S. The quantitative estimate of drug-likeness (QED) is 0.421. The Morgan fingerprint density at radius 3 is 2.36 bits per heavy atom. The maximum Gasteiger partial charge on any atom is 0.190 e. The molecule has 180 valence electrons. The van der Waals surface area contributed by atoms with Gasteiger partial charge >= 0.3 is 0 Å². The highest BCUT2D eigenvalue weighted by Crippen LogP contribution is 2.40. The number of hydrogen-bond acceptors (Lipinski definition) is 7. The topological polar surface area (TPSA) is 63.0 Å². The van der Waals surface area contributed by atoms with Crippen LogP contribution in [0.15, 0.2) is 11.2 Å². The van der Waals surface area contributed by atoms with Gasteiger partial charge in [-0.15, -0.1) is 10.2 Å². The first-order valence-corrected chi connectivity index (χ1v) is 13.8. The third kappa shape index (κ3) is 5.37. The second-order valence-electron chi connectivity index (χ2n) is 11.1. The lowest BCUT2D eigenvalue weighted by Crippen LogP contribution is -2.47. The van der Waals surface area contributed by atoms with E-state index in [4.69, 9.17) is 9.97 Å². The Balaban J connectivity index is 1.09. The molecule has 2 saturated carbocycles. The Morgan fingerprint density at radius 2 is 1.73 bits per heavy atom. The molecule has 8 heteroatoms. The lowest BCUT2D eigenvalue weighted by atomic mass is 9.85. The van der Waals surface area contributed by atoms with Crippen LogP contribution in [0, 0.1) is 0 Å². The van der Waals surface area contributed by atoms with Crippen LogP contribution in [0.1, 0.15) is 88.5 Å². The largest absolute Gasteiger partial charge is 0.354 e. The number of aromatic nitrogens is 5. The Hall–Kier alpha value is -1.67. The number of nitrogens with zero attached hydrogens (tertiary/aromatic N) is 7. The van der Waals surface area contributed by atoms with Gasteiger partial charge in [0, 0.05) is 68.0 Å². The molecular weight excluding hydrogens is 430 g/mol. The molecule has 5 rings (SSSR count). The van der Waals surface area contributed by atoms with Crippen molar-refractivity contribution in [3.05, 3.63) is 23.4 Å². The molecule has 2 aromatic heterocycles. The van der Waals surface area contributed by atoms with E-state index in [-0.39, 0.29) is 5.41 Å². The number of rotatable bonds is 8. The van der Waals surface area contributed by atoms with E-state index in [0.717, 1.165) is 55.3 Å². The molecule has 3 aliphatic rings. The van der Waals surface area contributed by atoms with Crippen LogP contribution in [-0.4, -0.2) is 68.1 Å². The van der Waals surface area contributed by atoms with Crippen molar-refractivity contribution in [2.24, 2.45) is 7.05 Å². The van der Waals surface area contributed by atoms with Crippen molar-refractivity contribution in [1.82, 2.24) is 29.6 Å². The molecule has 1 saturated heterocycles. The Kier molecular flexibility index (Phi) is 6.67. The summed E-state index contributed by atoms with van der Waals surface area (Å²) in [5.41, 5.74) is 1.24. The van der Waals surface area contributed by atoms with Crippen molar-refractivity contribution in [3.63, 3.8) is 0 Å². The van der Waals surface area contributed by atoms with Crippen molar-refractivity contribution >= 4 is 17.6 Å². The summed E-state index contributed by atoms with van der Waals surface area (Å²) in [5, 5.41) is 9.96. The highest BCUT2D eigenvalue weighted by molar-refractivity contribution is 7.99. The third-order valence-electron chi connectivity index (χ3n) is 7.28. The Labute approximate surface area is 202 Å². The number of piperazine rings is 1. The van der Waals surface area contributed by atoms with Crippen molar-refractivity contribution in [2.75, 3.05) is 43.4 Å². The molecule has 0 unspecified atom stereocenters. The minimum absolute atomic E-state index is 0.0134. The zero-order chi connectivity index (χ0) is 23.0. The molecule has 0 atom stereocenters. The summed E-state index contributed by atoms with van der Waals surface area (Å²) in [6, 6.07) is 2.26. The monoisotopic (exact) mass is 469 g/mol. The minimum Gasteiger partial charge on any atom is -0.354 e. The van der Waals surface area contributed by atoms with Gasteiger partial charge in [0.25, 0.3) is 0 Å². The lowest BCUT2D eigenvalue weighted by Gasteiger charge is -2.36. The molecule has 2 aromatic rings. The van der Waals surface area contributed by atoms with Crippen LogP contribution in [0.4, 0.5) is 5.82 Å². The van der Waals surface area contributed by atoms with Crippen LogP contribution in [-0.2, 0) is 12.5 Å². The summed E-state index contributed by atoms with van der Waals surface area (Å²) in [4.78, 5) is 15.0. The predicted octanol–water partition coefficient (Wildman–Crippen LogP) is 4.35. The summed E-state index contributed by atoms with van der Waals surface area (Å²) >= 11 is 1.86. The van der Waals surface area contributed by atoms with Crippen molar-refractivity contribution in [1.29, 1.82) is 0 Å². The minimum atomic E-state index is -0.0134. The SMILES string of the molecule is Cn1c(SCCCN2CCN(c3cc(C4CC4)nc(C(C)(C)C)n3)CC2)nnc1C1CCC1. The summed E-state index contributed by atoms with van der Waals surface area (Å²) in [5.74, 6) is 5.71. The highest BCUT2D eigenvalue weighted by atomic mass is 32.2. The highest BCUT2D eigenvalue weighted by Gasteiger charge is 2.30. The number of thioether (sulfide) groups is 1. The molecule has 33 heavy (non-hydrogen) atoms. The van der Waals surface area contributed by atoms with E-state index in [9.17, 15) is 0 Å². The molecule has 0 radical (unpaired) electrons. The normalized spacial score (nSPS) is 20.3. The molecule has 2 aliphatic carbocycles. The van der Waals surface area contributed by atoms with Gasteiger partial charge in [-0.05, 0) is 38.6 Å². The van der Waals surface area contributed by atoms with E-state index in [1.54, 1.807) is 0 Å². The van der Waals surface area contributed by atoms with Crippen LogP contribution in [0.5, 0.6) is 0 Å². The maximum absolute atomic E-state index is 4.98. The van der Waals surface area contributed by atoms with E-state index in [2.05, 4.69) is 58.4 Å². The maximum atomic E-state index is 4.98. The Morgan fingerprint density at radius 1 is 0.970 bits per heavy atom. The van der Waals surface area contributed by atoms with Crippen LogP contribution in [0.3, 0.4) is 0 Å². The van der Waals surface area contributed by atoms with E-state index < -0.39 is 0 Å². The first-order chi connectivity index (χ1) is 15.9. The van der Waals surface area contributed by atoms with Gasteiger partial charge in [-0.25, -0.2) is 9.97 Å². The van der Waals surface area contributed by atoms with E-state index >= 15 is 0 Å². The van der Waals surface area contributed by atoms with Gasteiger partial charge < -0.3 is 9.47 Å². The van der Waals surface area contributed by atoms with E-state index in [0.29, 0.717) is 11.8 Å². The average molecular weight is 470 g/mol. The molecule has 1 aliphatic heterocycles. The number of hydrogen-bond donors (Lipinski definition) is 0. The Bertz CT molecular complexity index is 950. The molecule has 0 amide bonds. The van der Waals surface area contributed by atoms with Crippen molar-refractivity contribution in [3.8, 4) is 0 Å². The van der Waals surface area contributed by atoms with Gasteiger partial charge in [0.15, 0.2) is 5.16 Å². The van der Waals surface area contributed by atoms with Crippen LogP contribution in [0.2, 0.25) is 0 Å². The van der Waals surface area contributed by atoms with Crippen molar-refractivity contribution < 1.29 is 0 Å². The van der Waals surface area contributed by atoms with Crippen LogP contribution >= 0.6 is 11.8 Å². The van der Waals surface area contributed by atoms with Gasteiger partial charge in [-0.1, -0.05) is 39.0 Å². The number of anilines is 1. The van der Waals surface area contributed by atoms with Gasteiger partial charge in [0.1, 0.15) is 17.5 Å². The molecule has 0 N–H and O–H groups in total. The summed E-state index contributed by atoms with van der Waals surface area (Å²) < 4.78 is 2.22. The summed E-state index contributed by atoms with van der Waals surface area (Å²) in [6.45, 7) is 12.1. The second kappa shape index (κ2) is 9.53. The van der Waals surface area contributed by atoms with E-state index in [1.807, 2.05) is 11.8 Å². The summed E-state index contributed by atoms with van der Waals surface area (Å²) in [6.07, 6.45) is 7.63.